The molecule has 0 amide bonds. The summed E-state index contributed by atoms with van der Waals surface area (Å²) in [6.45, 7) is 18.8. The quantitative estimate of drug-likeness (QED) is 0.333. The summed E-state index contributed by atoms with van der Waals surface area (Å²) in [4.78, 5) is 0. The van der Waals surface area contributed by atoms with Gasteiger partial charge in [0.25, 0.3) is 0 Å². The summed E-state index contributed by atoms with van der Waals surface area (Å²) in [5, 5.41) is 0. The lowest BCUT2D eigenvalue weighted by molar-refractivity contribution is 0.493. The van der Waals surface area contributed by atoms with Crippen molar-refractivity contribution in [3.63, 3.8) is 0 Å². The average Bonchev–Trinajstić information content (AvgIpc) is 3.38. The Kier molecular flexibility index (Phi) is 27.5. The number of fused-ring (bicyclic) bond motifs is 2. The summed E-state index contributed by atoms with van der Waals surface area (Å²) < 4.78 is 0. The molecule has 0 N–H and O–H groups in total. The van der Waals surface area contributed by atoms with E-state index in [0.29, 0.717) is 0 Å². The fourth-order valence-corrected chi connectivity index (χ4v) is 2.45. The van der Waals surface area contributed by atoms with Crippen molar-refractivity contribution >= 4 is 0 Å². The molecule has 1 fully saturated rings. The summed E-state index contributed by atoms with van der Waals surface area (Å²) in [6, 6.07) is 0. The lowest BCUT2D eigenvalue weighted by atomic mass is 9.96. The summed E-state index contributed by atoms with van der Waals surface area (Å²) >= 11 is 0. The molecule has 3 rings (SSSR count). The van der Waals surface area contributed by atoms with Gasteiger partial charge in [-0.15, -0.1) is 25.5 Å². The summed E-state index contributed by atoms with van der Waals surface area (Å²) in [5.41, 5.74) is 0. The van der Waals surface area contributed by atoms with Crippen molar-refractivity contribution in [2.45, 2.75) is 67.2 Å². The number of hydrogen-bond donors (Lipinski definition) is 0. The first kappa shape index (κ1) is 28.1. The second-order valence-corrected chi connectivity index (χ2v) is 5.74. The fourth-order valence-electron chi connectivity index (χ4n) is 2.45. The fraction of sp³-hybridized carbons (Fsp3) is 0.520. The SMILES string of the molecule is C#CC.C1=CCC=C1.C=CC.C=CCC.CC.CC1CC2C=CC1C2. The maximum absolute atomic E-state index is 4.60. The van der Waals surface area contributed by atoms with Gasteiger partial charge in [0.2, 0.25) is 0 Å². The Hall–Kier alpha value is -1.74. The van der Waals surface area contributed by atoms with Gasteiger partial charge < -0.3 is 0 Å². The topological polar surface area (TPSA) is 0 Å². The average molecular weight is 343 g/mol. The van der Waals surface area contributed by atoms with Crippen LogP contribution in [0, 0.1) is 30.1 Å². The molecule has 3 atom stereocenters. The minimum Gasteiger partial charge on any atom is -0.120 e. The Balaban J connectivity index is -0.000000252. The zero-order valence-corrected chi connectivity index (χ0v) is 17.7. The Labute approximate surface area is 159 Å². The Morgan fingerprint density at radius 2 is 1.56 bits per heavy atom. The third kappa shape index (κ3) is 20.2. The van der Waals surface area contributed by atoms with Crippen LogP contribution < -0.4 is 0 Å². The van der Waals surface area contributed by atoms with Crippen molar-refractivity contribution in [3.05, 3.63) is 61.8 Å². The van der Waals surface area contributed by atoms with E-state index in [0.717, 1.165) is 30.6 Å². The van der Waals surface area contributed by atoms with Crippen LogP contribution in [0.15, 0.2) is 61.8 Å². The maximum Gasteiger partial charge on any atom is -0.00297 e. The summed E-state index contributed by atoms with van der Waals surface area (Å²) in [7, 11) is 0. The molecule has 0 aromatic rings. The normalized spacial score (nSPS) is 21.9. The number of terminal acetylenes is 1. The molecule has 2 bridgehead atoms. The highest BCUT2D eigenvalue weighted by molar-refractivity contribution is 5.12. The van der Waals surface area contributed by atoms with E-state index >= 15 is 0 Å². The number of allylic oxidation sites excluding steroid dienone is 8. The highest BCUT2D eigenvalue weighted by Gasteiger charge is 2.32. The molecule has 0 aromatic carbocycles. The lowest BCUT2D eigenvalue weighted by Gasteiger charge is -2.09. The van der Waals surface area contributed by atoms with E-state index in [9.17, 15) is 0 Å². The molecule has 0 saturated heterocycles. The highest BCUT2D eigenvalue weighted by Crippen LogP contribution is 2.42. The molecule has 0 radical (unpaired) electrons. The van der Waals surface area contributed by atoms with Gasteiger partial charge in [0.05, 0.1) is 0 Å². The first-order valence-corrected chi connectivity index (χ1v) is 9.66. The van der Waals surface area contributed by atoms with E-state index in [1.54, 1.807) is 13.0 Å². The second-order valence-electron chi connectivity index (χ2n) is 5.74. The van der Waals surface area contributed by atoms with E-state index in [-0.39, 0.29) is 0 Å². The maximum atomic E-state index is 4.60. The van der Waals surface area contributed by atoms with Crippen LogP contribution >= 0.6 is 0 Å². The first-order chi connectivity index (χ1) is 12.1. The van der Waals surface area contributed by atoms with E-state index in [4.69, 9.17) is 0 Å². The van der Waals surface area contributed by atoms with Crippen LogP contribution in [0.4, 0.5) is 0 Å². The Morgan fingerprint density at radius 1 is 1.12 bits per heavy atom. The number of hydrogen-bond acceptors (Lipinski definition) is 0. The zero-order chi connectivity index (χ0) is 19.9. The van der Waals surface area contributed by atoms with Gasteiger partial charge in [-0.05, 0) is 57.3 Å². The molecule has 3 unspecified atom stereocenters. The molecule has 0 heteroatoms. The molecule has 0 spiro atoms. The lowest BCUT2D eigenvalue weighted by Crippen LogP contribution is -1.99. The molecule has 3 aliphatic rings. The minimum atomic E-state index is 0.958. The third-order valence-electron chi connectivity index (χ3n) is 3.55. The van der Waals surface area contributed by atoms with Crippen LogP contribution in [0.5, 0.6) is 0 Å². The van der Waals surface area contributed by atoms with Crippen molar-refractivity contribution in [2.24, 2.45) is 17.8 Å². The van der Waals surface area contributed by atoms with E-state index < -0.39 is 0 Å². The summed E-state index contributed by atoms with van der Waals surface area (Å²) in [6.07, 6.45) is 26.5. The predicted octanol–water partition coefficient (Wildman–Crippen LogP) is 8.16. The van der Waals surface area contributed by atoms with Gasteiger partial charge in [-0.2, -0.15) is 0 Å². The van der Waals surface area contributed by atoms with Crippen LogP contribution in [0.2, 0.25) is 0 Å². The molecule has 142 valence electrons. The third-order valence-corrected chi connectivity index (χ3v) is 3.55. The van der Waals surface area contributed by atoms with Gasteiger partial charge in [-0.25, -0.2) is 0 Å². The van der Waals surface area contributed by atoms with Gasteiger partial charge in [0.15, 0.2) is 0 Å². The van der Waals surface area contributed by atoms with Crippen molar-refractivity contribution in [3.8, 4) is 12.3 Å². The second kappa shape index (κ2) is 24.5. The van der Waals surface area contributed by atoms with E-state index in [2.05, 4.69) is 75.8 Å². The van der Waals surface area contributed by atoms with E-state index in [1.165, 1.54) is 12.8 Å². The first-order valence-electron chi connectivity index (χ1n) is 9.66. The summed E-state index contributed by atoms with van der Waals surface area (Å²) in [5.74, 6) is 5.17. The van der Waals surface area contributed by atoms with Crippen LogP contribution in [0.1, 0.15) is 67.2 Å². The minimum absolute atomic E-state index is 0.958. The Morgan fingerprint density at radius 3 is 1.68 bits per heavy atom. The zero-order valence-electron chi connectivity index (χ0n) is 17.7. The molecular weight excluding hydrogens is 300 g/mol. The molecule has 0 aromatic heterocycles. The van der Waals surface area contributed by atoms with Crippen LogP contribution in [0.3, 0.4) is 0 Å². The van der Waals surface area contributed by atoms with Crippen LogP contribution in [0.25, 0.3) is 0 Å². The van der Waals surface area contributed by atoms with Gasteiger partial charge in [0, 0.05) is 0 Å². The van der Waals surface area contributed by atoms with Crippen molar-refractivity contribution in [2.75, 3.05) is 0 Å². The number of rotatable bonds is 1. The molecule has 0 heterocycles. The highest BCUT2D eigenvalue weighted by atomic mass is 14.4. The van der Waals surface area contributed by atoms with Crippen LogP contribution in [-0.2, 0) is 0 Å². The smallest absolute Gasteiger partial charge is 0.00297 e. The Bertz CT molecular complexity index is 390. The standard InChI is InChI=1S/C8H12.C5H6.C4H8.C3H6.C3H4.C2H6/c1-6-4-7-2-3-8(6)5-7;1-2-4-5-3-1;1-3-4-2;2*1-3-2;1-2/h2-3,6-8H,4-5H2,1H3;1-4H,5H2;3H,1,4H2,2H3;3H,1H2,2H3;1H,2H3;1-2H3. The molecular formula is C25H42. The predicted molar refractivity (Wildman–Crippen MR) is 120 cm³/mol. The van der Waals surface area contributed by atoms with Crippen molar-refractivity contribution < 1.29 is 0 Å². The van der Waals surface area contributed by atoms with Crippen molar-refractivity contribution in [1.82, 2.24) is 0 Å². The van der Waals surface area contributed by atoms with Crippen LogP contribution in [-0.4, -0.2) is 0 Å². The largest absolute Gasteiger partial charge is 0.120 e. The van der Waals surface area contributed by atoms with Gasteiger partial charge >= 0.3 is 0 Å². The monoisotopic (exact) mass is 342 g/mol. The van der Waals surface area contributed by atoms with Gasteiger partial charge in [0.1, 0.15) is 0 Å². The molecule has 1 saturated carbocycles. The van der Waals surface area contributed by atoms with Gasteiger partial charge in [-0.1, -0.05) is 76.3 Å². The van der Waals surface area contributed by atoms with E-state index in [1.807, 2.05) is 26.8 Å². The van der Waals surface area contributed by atoms with Crippen molar-refractivity contribution in [1.29, 1.82) is 0 Å². The molecule has 3 aliphatic carbocycles. The van der Waals surface area contributed by atoms with Gasteiger partial charge in [-0.3, -0.25) is 0 Å². The molecule has 25 heavy (non-hydrogen) atoms. The molecule has 0 aliphatic heterocycles. The molecule has 0 nitrogen and oxygen atoms in total.